The molecule has 0 saturated heterocycles. The number of nitrogens with two attached hydrogens (primary N) is 1. The second-order valence-electron chi connectivity index (χ2n) is 4.26. The van der Waals surface area contributed by atoms with Crippen molar-refractivity contribution < 1.29 is 19.0 Å². The summed E-state index contributed by atoms with van der Waals surface area (Å²) in [4.78, 5) is 10.9. The Morgan fingerprint density at radius 3 is 2.71 bits per heavy atom. The number of nitrogen functional groups attached to an aromatic ring is 1. The van der Waals surface area contributed by atoms with Gasteiger partial charge in [0.2, 0.25) is 0 Å². The average molecular weight is 286 g/mol. The fourth-order valence-corrected chi connectivity index (χ4v) is 1.68. The summed E-state index contributed by atoms with van der Waals surface area (Å²) in [6.45, 7) is -0.120. The van der Waals surface area contributed by atoms with Crippen molar-refractivity contribution in [1.82, 2.24) is 0 Å². The molecule has 21 heavy (non-hydrogen) atoms. The Morgan fingerprint density at radius 1 is 1.33 bits per heavy atom. The average Bonchev–Trinajstić information content (AvgIpc) is 2.47. The van der Waals surface area contributed by atoms with Crippen molar-refractivity contribution >= 4 is 11.7 Å². The van der Waals surface area contributed by atoms with E-state index in [4.69, 9.17) is 20.8 Å². The summed E-state index contributed by atoms with van der Waals surface area (Å²) < 4.78 is 19.0. The molecular formula is C15H11FN2O3. The Labute approximate surface area is 120 Å². The number of carbonyl (C=O) groups is 1. The molecule has 0 radical (unpaired) electrons. The number of anilines is 1. The topological polar surface area (TPSA) is 96.3 Å². The van der Waals surface area contributed by atoms with Gasteiger partial charge in [0.15, 0.2) is 0 Å². The Balaban J connectivity index is 2.18. The van der Waals surface area contributed by atoms with Gasteiger partial charge >= 0.3 is 5.97 Å². The number of halogens is 1. The maximum absolute atomic E-state index is 13.7. The SMILES string of the molecule is N#Cc1ccc(COc2cc(C(=O)O)ccc2N)c(F)c1. The predicted octanol–water partition coefficient (Wildman–Crippen LogP) is 2.56. The minimum Gasteiger partial charge on any atom is -0.487 e. The molecule has 2 aromatic rings. The first-order valence-corrected chi connectivity index (χ1v) is 5.95. The van der Waals surface area contributed by atoms with Gasteiger partial charge in [-0.05, 0) is 30.3 Å². The summed E-state index contributed by atoms with van der Waals surface area (Å²) in [5.74, 6) is -1.51. The van der Waals surface area contributed by atoms with E-state index in [1.807, 2.05) is 6.07 Å². The third-order valence-corrected chi connectivity index (χ3v) is 2.83. The van der Waals surface area contributed by atoms with Crippen molar-refractivity contribution in [3.63, 3.8) is 0 Å². The first kappa shape index (κ1) is 14.3. The van der Waals surface area contributed by atoms with Crippen LogP contribution in [0.5, 0.6) is 5.75 Å². The number of hydrogen-bond acceptors (Lipinski definition) is 4. The maximum atomic E-state index is 13.7. The highest BCUT2D eigenvalue weighted by Gasteiger charge is 2.09. The molecule has 3 N–H and O–H groups in total. The van der Waals surface area contributed by atoms with E-state index in [2.05, 4.69) is 0 Å². The molecule has 0 bridgehead atoms. The van der Waals surface area contributed by atoms with Gasteiger partial charge in [0.25, 0.3) is 0 Å². The molecule has 0 saturated carbocycles. The molecule has 106 valence electrons. The summed E-state index contributed by atoms with van der Waals surface area (Å²) >= 11 is 0. The zero-order valence-electron chi connectivity index (χ0n) is 10.8. The Kier molecular flexibility index (Phi) is 4.05. The van der Waals surface area contributed by atoms with Crippen molar-refractivity contribution in [2.75, 3.05) is 5.73 Å². The Bertz CT molecular complexity index is 738. The van der Waals surface area contributed by atoms with Crippen LogP contribution in [-0.4, -0.2) is 11.1 Å². The second-order valence-corrected chi connectivity index (χ2v) is 4.26. The van der Waals surface area contributed by atoms with Crippen molar-refractivity contribution in [3.05, 3.63) is 58.9 Å². The summed E-state index contributed by atoms with van der Waals surface area (Å²) in [6.07, 6.45) is 0. The monoisotopic (exact) mass is 286 g/mol. The smallest absolute Gasteiger partial charge is 0.335 e. The van der Waals surface area contributed by atoms with Crippen molar-refractivity contribution in [2.24, 2.45) is 0 Å². The fraction of sp³-hybridized carbons (Fsp3) is 0.0667. The summed E-state index contributed by atoms with van der Waals surface area (Å²) in [5.41, 5.74) is 6.42. The molecular weight excluding hydrogens is 275 g/mol. The Hall–Kier alpha value is -3.07. The van der Waals surface area contributed by atoms with Crippen molar-refractivity contribution in [3.8, 4) is 11.8 Å². The van der Waals surface area contributed by atoms with Crippen LogP contribution in [0.4, 0.5) is 10.1 Å². The molecule has 0 amide bonds. The number of carboxylic acids is 1. The predicted molar refractivity (Wildman–Crippen MR) is 73.3 cm³/mol. The number of benzene rings is 2. The van der Waals surface area contributed by atoms with Crippen LogP contribution in [0.25, 0.3) is 0 Å². The first-order valence-electron chi connectivity index (χ1n) is 5.95. The zero-order chi connectivity index (χ0) is 15.4. The molecule has 5 nitrogen and oxygen atoms in total. The van der Waals surface area contributed by atoms with Crippen molar-refractivity contribution in [1.29, 1.82) is 5.26 Å². The van der Waals surface area contributed by atoms with Crippen LogP contribution in [0.15, 0.2) is 36.4 Å². The first-order chi connectivity index (χ1) is 10.0. The lowest BCUT2D eigenvalue weighted by Gasteiger charge is -2.10. The number of ether oxygens (including phenoxy) is 1. The number of rotatable bonds is 4. The normalized spacial score (nSPS) is 9.90. The van der Waals surface area contributed by atoms with Gasteiger partial charge in [-0.15, -0.1) is 0 Å². The molecule has 0 aliphatic heterocycles. The minimum absolute atomic E-state index is 0.0273. The lowest BCUT2D eigenvalue weighted by atomic mass is 10.1. The van der Waals surface area contributed by atoms with E-state index in [1.54, 1.807) is 0 Å². The molecule has 0 unspecified atom stereocenters. The zero-order valence-corrected chi connectivity index (χ0v) is 10.8. The van der Waals surface area contributed by atoms with Gasteiger partial charge in [-0.3, -0.25) is 0 Å². The van der Waals surface area contributed by atoms with Crippen LogP contribution < -0.4 is 10.5 Å². The molecule has 6 heteroatoms. The van der Waals surface area contributed by atoms with Crippen LogP contribution in [0.3, 0.4) is 0 Å². The number of nitriles is 1. The lowest BCUT2D eigenvalue weighted by Crippen LogP contribution is -2.03. The highest BCUT2D eigenvalue weighted by molar-refractivity contribution is 5.89. The number of aromatic carboxylic acids is 1. The van der Waals surface area contributed by atoms with E-state index >= 15 is 0 Å². The molecule has 0 aromatic heterocycles. The van der Waals surface area contributed by atoms with Crippen LogP contribution in [0.1, 0.15) is 21.5 Å². The lowest BCUT2D eigenvalue weighted by molar-refractivity contribution is 0.0696. The van der Waals surface area contributed by atoms with E-state index in [9.17, 15) is 9.18 Å². The van der Waals surface area contributed by atoms with E-state index in [0.717, 1.165) is 6.07 Å². The highest BCUT2D eigenvalue weighted by atomic mass is 19.1. The third-order valence-electron chi connectivity index (χ3n) is 2.83. The van der Waals surface area contributed by atoms with Crippen molar-refractivity contribution in [2.45, 2.75) is 6.61 Å². The maximum Gasteiger partial charge on any atom is 0.335 e. The van der Waals surface area contributed by atoms with Gasteiger partial charge in [-0.2, -0.15) is 5.26 Å². The Morgan fingerprint density at radius 2 is 2.10 bits per heavy atom. The molecule has 0 aliphatic carbocycles. The summed E-state index contributed by atoms with van der Waals surface area (Å²) in [5, 5.41) is 17.6. The molecule has 2 rings (SSSR count). The fourth-order valence-electron chi connectivity index (χ4n) is 1.68. The van der Waals surface area contributed by atoms with Crippen LogP contribution >= 0.6 is 0 Å². The third kappa shape index (κ3) is 3.28. The van der Waals surface area contributed by atoms with E-state index < -0.39 is 11.8 Å². The van der Waals surface area contributed by atoms with E-state index in [1.165, 1.54) is 30.3 Å². The van der Waals surface area contributed by atoms with Gasteiger partial charge in [-0.1, -0.05) is 6.07 Å². The van der Waals surface area contributed by atoms with Crippen LogP contribution in [-0.2, 0) is 6.61 Å². The standard InChI is InChI=1S/C15H11FN2O3/c16-12-5-9(7-17)1-2-11(12)8-21-14-6-10(15(19)20)3-4-13(14)18/h1-6H,8,18H2,(H,19,20). The number of carboxylic acid groups (broad SMARTS) is 1. The van der Waals surface area contributed by atoms with Crippen LogP contribution in [0, 0.1) is 17.1 Å². The van der Waals surface area contributed by atoms with Gasteiger partial charge in [-0.25, -0.2) is 9.18 Å². The molecule has 0 atom stereocenters. The second kappa shape index (κ2) is 5.92. The number of hydrogen-bond donors (Lipinski definition) is 2. The number of nitrogens with zero attached hydrogens (tertiary/aromatic N) is 1. The molecule has 0 fully saturated rings. The van der Waals surface area contributed by atoms with Gasteiger partial charge in [0.05, 0.1) is 22.9 Å². The van der Waals surface area contributed by atoms with Crippen LogP contribution in [0.2, 0.25) is 0 Å². The van der Waals surface area contributed by atoms with Gasteiger partial charge in [0, 0.05) is 5.56 Å². The summed E-state index contributed by atoms with van der Waals surface area (Å²) in [6, 6.07) is 9.89. The largest absolute Gasteiger partial charge is 0.487 e. The minimum atomic E-state index is -1.11. The summed E-state index contributed by atoms with van der Waals surface area (Å²) in [7, 11) is 0. The van der Waals surface area contributed by atoms with E-state index in [0.29, 0.717) is 0 Å². The molecule has 0 spiro atoms. The molecule has 0 aliphatic rings. The molecule has 0 heterocycles. The van der Waals surface area contributed by atoms with Gasteiger partial charge < -0.3 is 15.6 Å². The van der Waals surface area contributed by atoms with Gasteiger partial charge in [0.1, 0.15) is 18.2 Å². The quantitative estimate of drug-likeness (QED) is 0.842. The van der Waals surface area contributed by atoms with E-state index in [-0.39, 0.29) is 34.7 Å². The molecule has 2 aromatic carbocycles. The highest BCUT2D eigenvalue weighted by Crippen LogP contribution is 2.24.